The third-order valence-corrected chi connectivity index (χ3v) is 4.30. The van der Waals surface area contributed by atoms with Crippen LogP contribution in [0, 0.1) is 12.7 Å². The Balaban J connectivity index is 1.62. The molecule has 0 unspecified atom stereocenters. The summed E-state index contributed by atoms with van der Waals surface area (Å²) in [7, 11) is 0. The van der Waals surface area contributed by atoms with Gasteiger partial charge in [0.25, 0.3) is 5.91 Å². The van der Waals surface area contributed by atoms with Crippen LogP contribution in [0.4, 0.5) is 10.1 Å². The molecule has 6 heteroatoms. The molecule has 0 atom stereocenters. The molecule has 0 radical (unpaired) electrons. The topological polar surface area (TPSA) is 36.4 Å². The normalized spacial score (nSPS) is 15.3. The van der Waals surface area contributed by atoms with Gasteiger partial charge in [0.1, 0.15) is 11.5 Å². The monoisotopic (exact) mass is 305 g/mol. The molecule has 4 nitrogen and oxygen atoms in total. The van der Waals surface area contributed by atoms with Gasteiger partial charge in [-0.25, -0.2) is 4.39 Å². The predicted molar refractivity (Wildman–Crippen MR) is 81.4 cm³/mol. The lowest BCUT2D eigenvalue weighted by atomic mass is 10.2. The number of rotatable bonds is 2. The number of hydrogen-bond donors (Lipinski definition) is 0. The highest BCUT2D eigenvalue weighted by Crippen LogP contribution is 2.18. The van der Waals surface area contributed by atoms with Gasteiger partial charge in [-0.05, 0) is 48.8 Å². The first-order valence-electron chi connectivity index (χ1n) is 6.86. The Labute approximate surface area is 127 Å². The van der Waals surface area contributed by atoms with Crippen LogP contribution in [0.25, 0.3) is 0 Å². The van der Waals surface area contributed by atoms with E-state index in [-0.39, 0.29) is 11.7 Å². The molecule has 2 aromatic rings. The minimum Gasteiger partial charge on any atom is -0.368 e. The highest BCUT2D eigenvalue weighted by atomic mass is 32.1. The lowest BCUT2D eigenvalue weighted by Gasteiger charge is -2.35. The smallest absolute Gasteiger partial charge is 0.273 e. The molecular weight excluding hydrogens is 289 g/mol. The summed E-state index contributed by atoms with van der Waals surface area (Å²) >= 11 is 1.35. The molecule has 1 saturated heterocycles. The van der Waals surface area contributed by atoms with Gasteiger partial charge in [0.05, 0.1) is 0 Å². The highest BCUT2D eigenvalue weighted by Gasteiger charge is 2.23. The van der Waals surface area contributed by atoms with E-state index >= 15 is 0 Å². The predicted octanol–water partition coefficient (Wildman–Crippen LogP) is 2.55. The van der Waals surface area contributed by atoms with Crippen molar-refractivity contribution in [1.82, 2.24) is 9.27 Å². The molecule has 0 saturated carbocycles. The van der Waals surface area contributed by atoms with E-state index in [2.05, 4.69) is 9.27 Å². The van der Waals surface area contributed by atoms with Crippen molar-refractivity contribution in [2.75, 3.05) is 31.1 Å². The largest absolute Gasteiger partial charge is 0.368 e. The minimum atomic E-state index is -0.230. The standard InChI is InChI=1S/C15H16FN3OS/c1-11-10-14(17-21-11)15(20)19-8-6-18(7-9-19)13-4-2-12(16)3-5-13/h2-5,10H,6-9H2,1H3. The van der Waals surface area contributed by atoms with Crippen LogP contribution < -0.4 is 4.90 Å². The Kier molecular flexibility index (Phi) is 3.88. The second kappa shape index (κ2) is 5.81. The van der Waals surface area contributed by atoms with Gasteiger partial charge in [0.15, 0.2) is 0 Å². The number of carbonyl (C=O) groups is 1. The molecule has 1 fully saturated rings. The summed E-state index contributed by atoms with van der Waals surface area (Å²) in [5.41, 5.74) is 1.53. The summed E-state index contributed by atoms with van der Waals surface area (Å²) in [4.78, 5) is 17.3. The quantitative estimate of drug-likeness (QED) is 0.855. The molecule has 1 aliphatic heterocycles. The van der Waals surface area contributed by atoms with E-state index in [1.165, 1.54) is 23.7 Å². The maximum absolute atomic E-state index is 12.9. The molecule has 1 aliphatic rings. The number of aromatic nitrogens is 1. The van der Waals surface area contributed by atoms with Crippen LogP contribution in [0.2, 0.25) is 0 Å². The Hall–Kier alpha value is -1.95. The van der Waals surface area contributed by atoms with E-state index in [4.69, 9.17) is 0 Å². The fourth-order valence-corrected chi connectivity index (χ4v) is 2.99. The van der Waals surface area contributed by atoms with E-state index < -0.39 is 0 Å². The van der Waals surface area contributed by atoms with Crippen LogP contribution in [0.15, 0.2) is 30.3 Å². The van der Waals surface area contributed by atoms with Crippen LogP contribution in [0.3, 0.4) is 0 Å². The SMILES string of the molecule is Cc1cc(C(=O)N2CCN(c3ccc(F)cc3)CC2)ns1. The molecule has 0 spiro atoms. The molecular formula is C15H16FN3OS. The van der Waals surface area contributed by atoms with Crippen LogP contribution in [0.1, 0.15) is 15.4 Å². The Morgan fingerprint density at radius 1 is 1.19 bits per heavy atom. The van der Waals surface area contributed by atoms with Crippen molar-refractivity contribution in [1.29, 1.82) is 0 Å². The van der Waals surface area contributed by atoms with Crippen molar-refractivity contribution in [2.45, 2.75) is 6.92 Å². The Morgan fingerprint density at radius 2 is 1.86 bits per heavy atom. The summed E-state index contributed by atoms with van der Waals surface area (Å²) in [6.45, 7) is 4.77. The maximum atomic E-state index is 12.9. The van der Waals surface area contributed by atoms with Crippen molar-refractivity contribution in [3.63, 3.8) is 0 Å². The maximum Gasteiger partial charge on any atom is 0.273 e. The van der Waals surface area contributed by atoms with Gasteiger partial charge in [0, 0.05) is 36.7 Å². The summed E-state index contributed by atoms with van der Waals surface area (Å²) < 4.78 is 17.1. The second-order valence-corrected chi connectivity index (χ2v) is 6.09. The first kappa shape index (κ1) is 14.0. The molecule has 3 rings (SSSR count). The van der Waals surface area contributed by atoms with Gasteiger partial charge in [-0.15, -0.1) is 0 Å². The zero-order valence-electron chi connectivity index (χ0n) is 11.8. The first-order chi connectivity index (χ1) is 10.1. The van der Waals surface area contributed by atoms with E-state index in [1.54, 1.807) is 12.1 Å². The van der Waals surface area contributed by atoms with E-state index in [9.17, 15) is 9.18 Å². The summed E-state index contributed by atoms with van der Waals surface area (Å²) in [5, 5.41) is 0. The number of aryl methyl sites for hydroxylation is 1. The third-order valence-electron chi connectivity index (χ3n) is 3.61. The van der Waals surface area contributed by atoms with Gasteiger partial charge < -0.3 is 9.80 Å². The van der Waals surface area contributed by atoms with Crippen LogP contribution in [-0.4, -0.2) is 41.4 Å². The molecule has 0 N–H and O–H groups in total. The molecule has 2 heterocycles. The average Bonchev–Trinajstić information content (AvgIpc) is 2.94. The molecule has 110 valence electrons. The third kappa shape index (κ3) is 3.05. The Morgan fingerprint density at radius 3 is 2.43 bits per heavy atom. The van der Waals surface area contributed by atoms with E-state index in [0.717, 1.165) is 23.7 Å². The van der Waals surface area contributed by atoms with Crippen LogP contribution in [-0.2, 0) is 0 Å². The average molecular weight is 305 g/mol. The van der Waals surface area contributed by atoms with E-state index in [0.29, 0.717) is 18.8 Å². The summed E-state index contributed by atoms with van der Waals surface area (Å²) in [5.74, 6) is -0.232. The molecule has 21 heavy (non-hydrogen) atoms. The molecule has 0 aliphatic carbocycles. The van der Waals surface area contributed by atoms with Gasteiger partial charge in [-0.1, -0.05) is 0 Å². The number of piperazine rings is 1. The highest BCUT2D eigenvalue weighted by molar-refractivity contribution is 7.05. The fraction of sp³-hybridized carbons (Fsp3) is 0.333. The van der Waals surface area contributed by atoms with Crippen molar-refractivity contribution < 1.29 is 9.18 Å². The zero-order valence-corrected chi connectivity index (χ0v) is 12.6. The number of nitrogens with zero attached hydrogens (tertiary/aromatic N) is 3. The second-order valence-electron chi connectivity index (χ2n) is 5.08. The number of benzene rings is 1. The number of halogens is 1. The summed E-state index contributed by atoms with van der Waals surface area (Å²) in [6.07, 6.45) is 0. The van der Waals surface area contributed by atoms with Gasteiger partial charge >= 0.3 is 0 Å². The summed E-state index contributed by atoms with van der Waals surface area (Å²) in [6, 6.07) is 8.31. The zero-order chi connectivity index (χ0) is 14.8. The van der Waals surface area contributed by atoms with Crippen LogP contribution in [0.5, 0.6) is 0 Å². The van der Waals surface area contributed by atoms with Gasteiger partial charge in [0.2, 0.25) is 0 Å². The lowest BCUT2D eigenvalue weighted by Crippen LogP contribution is -2.48. The molecule has 1 aromatic heterocycles. The minimum absolute atomic E-state index is 0.00175. The van der Waals surface area contributed by atoms with Crippen molar-refractivity contribution in [3.8, 4) is 0 Å². The van der Waals surface area contributed by atoms with Crippen molar-refractivity contribution in [2.24, 2.45) is 0 Å². The van der Waals surface area contributed by atoms with Crippen molar-refractivity contribution in [3.05, 3.63) is 46.7 Å². The van der Waals surface area contributed by atoms with Crippen molar-refractivity contribution >= 4 is 23.1 Å². The number of anilines is 1. The lowest BCUT2D eigenvalue weighted by molar-refractivity contribution is 0.0742. The van der Waals surface area contributed by atoms with Gasteiger partial charge in [-0.2, -0.15) is 4.37 Å². The molecule has 0 bridgehead atoms. The number of hydrogen-bond acceptors (Lipinski definition) is 4. The molecule has 1 amide bonds. The number of carbonyl (C=O) groups excluding carboxylic acids is 1. The van der Waals surface area contributed by atoms with Crippen LogP contribution >= 0.6 is 11.5 Å². The first-order valence-corrected chi connectivity index (χ1v) is 7.64. The van der Waals surface area contributed by atoms with E-state index in [1.807, 2.05) is 17.9 Å². The number of amides is 1. The van der Waals surface area contributed by atoms with Gasteiger partial charge in [-0.3, -0.25) is 4.79 Å². The molecule has 1 aromatic carbocycles. The Bertz CT molecular complexity index is 633. The fourth-order valence-electron chi connectivity index (χ4n) is 2.45.